The zero-order chi connectivity index (χ0) is 36.3. The maximum atomic E-state index is 7.05. The molecule has 0 radical (unpaired) electrons. The zero-order valence-corrected chi connectivity index (χ0v) is 30.9. The summed E-state index contributed by atoms with van der Waals surface area (Å²) in [7, 11) is 0. The largest absolute Gasteiger partial charge is 0.455 e. The third-order valence-corrected chi connectivity index (χ3v) is 12.4. The van der Waals surface area contributed by atoms with E-state index in [2.05, 4.69) is 196 Å². The van der Waals surface area contributed by atoms with Gasteiger partial charge in [0.25, 0.3) is 0 Å². The molecule has 0 saturated carbocycles. The quantitative estimate of drug-likeness (QED) is 0.182. The Kier molecular flexibility index (Phi) is 6.39. The highest BCUT2D eigenvalue weighted by Gasteiger charge is 2.41. The first-order valence-electron chi connectivity index (χ1n) is 19.0. The van der Waals surface area contributed by atoms with Gasteiger partial charge < -0.3 is 9.32 Å². The molecule has 8 aromatic carbocycles. The van der Waals surface area contributed by atoms with E-state index in [1.54, 1.807) is 0 Å². The van der Waals surface area contributed by atoms with E-state index < -0.39 is 0 Å². The Labute approximate surface area is 315 Å². The summed E-state index contributed by atoms with van der Waals surface area (Å²) in [6, 6.07) is 60.0. The second-order valence-corrected chi connectivity index (χ2v) is 16.1. The minimum Gasteiger partial charge on any atom is -0.455 e. The number of nitrogens with zero attached hydrogens (tertiary/aromatic N) is 1. The van der Waals surface area contributed by atoms with Crippen LogP contribution in [0.2, 0.25) is 0 Å². The highest BCUT2D eigenvalue weighted by molar-refractivity contribution is 6.26. The number of furan rings is 1. The molecule has 54 heavy (non-hydrogen) atoms. The molecule has 1 aromatic heterocycles. The lowest BCUT2D eigenvalue weighted by atomic mass is 9.79. The Morgan fingerprint density at radius 2 is 1.06 bits per heavy atom. The predicted octanol–water partition coefficient (Wildman–Crippen LogP) is 14.5. The molecule has 1 heterocycles. The van der Waals surface area contributed by atoms with Crippen LogP contribution in [0.4, 0.5) is 17.1 Å². The summed E-state index contributed by atoms with van der Waals surface area (Å²) in [5.74, 6) is 0. The van der Waals surface area contributed by atoms with Crippen molar-refractivity contribution in [1.29, 1.82) is 0 Å². The number of rotatable bonds is 4. The minimum absolute atomic E-state index is 0.130. The van der Waals surface area contributed by atoms with Gasteiger partial charge in [-0.15, -0.1) is 0 Å². The maximum absolute atomic E-state index is 7.05. The molecule has 9 aromatic rings. The predicted molar refractivity (Wildman–Crippen MR) is 226 cm³/mol. The van der Waals surface area contributed by atoms with Crippen molar-refractivity contribution in [1.82, 2.24) is 0 Å². The summed E-state index contributed by atoms with van der Waals surface area (Å²) >= 11 is 0. The van der Waals surface area contributed by atoms with Gasteiger partial charge in [0.05, 0.1) is 11.1 Å². The van der Waals surface area contributed by atoms with Crippen molar-refractivity contribution in [2.45, 2.75) is 38.5 Å². The molecule has 0 bridgehead atoms. The molecule has 0 atom stereocenters. The fraction of sp³-hybridized carbons (Fsp3) is 0.115. The van der Waals surface area contributed by atoms with Gasteiger partial charge in [-0.1, -0.05) is 155 Å². The molecule has 2 aliphatic rings. The average Bonchev–Trinajstić information content (AvgIpc) is 3.79. The Hall–Kier alpha value is -6.38. The molecule has 258 valence electrons. The molecule has 0 N–H and O–H groups in total. The first-order chi connectivity index (χ1) is 26.3. The fourth-order valence-electron chi connectivity index (χ4n) is 9.88. The zero-order valence-electron chi connectivity index (χ0n) is 30.9. The van der Waals surface area contributed by atoms with Gasteiger partial charge in [0, 0.05) is 33.0 Å². The summed E-state index contributed by atoms with van der Waals surface area (Å²) in [6.07, 6.45) is 0. The van der Waals surface area contributed by atoms with Gasteiger partial charge in [-0.05, 0) is 97.4 Å². The van der Waals surface area contributed by atoms with Crippen LogP contribution in [-0.4, -0.2) is 0 Å². The summed E-state index contributed by atoms with van der Waals surface area (Å²) in [5.41, 5.74) is 17.9. The first-order valence-corrected chi connectivity index (χ1v) is 19.0. The van der Waals surface area contributed by atoms with E-state index >= 15 is 0 Å². The van der Waals surface area contributed by atoms with E-state index in [1.807, 2.05) is 0 Å². The molecule has 11 rings (SSSR count). The van der Waals surface area contributed by atoms with E-state index in [9.17, 15) is 0 Å². The molecule has 0 saturated heterocycles. The van der Waals surface area contributed by atoms with Gasteiger partial charge >= 0.3 is 0 Å². The normalized spacial score (nSPS) is 14.6. The van der Waals surface area contributed by atoms with Crippen LogP contribution in [-0.2, 0) is 10.8 Å². The summed E-state index contributed by atoms with van der Waals surface area (Å²) in [5, 5.41) is 4.74. The van der Waals surface area contributed by atoms with E-state index in [0.717, 1.165) is 39.0 Å². The second kappa shape index (κ2) is 11.1. The Morgan fingerprint density at radius 3 is 1.83 bits per heavy atom. The standard InChI is InChI=1S/C52H39NO/c1-51(2)41-21-12-10-17-36(41)37-30-29-35(31-43(37)51)53(34-27-25-33(26-28-34)32-15-6-5-7-16-32)44-23-14-24-45-47(44)48-49-46(38-18-8-9-19-39(38)50(48)54-45)40-20-11-13-22-42(40)52(49,3)4/h5-31H,1-4H3. The van der Waals surface area contributed by atoms with Crippen molar-refractivity contribution in [2.24, 2.45) is 0 Å². The third kappa shape index (κ3) is 4.17. The highest BCUT2D eigenvalue weighted by atomic mass is 16.3. The Morgan fingerprint density at radius 1 is 0.444 bits per heavy atom. The van der Waals surface area contributed by atoms with Crippen molar-refractivity contribution < 1.29 is 4.42 Å². The summed E-state index contributed by atoms with van der Waals surface area (Å²) in [6.45, 7) is 9.49. The van der Waals surface area contributed by atoms with Crippen molar-refractivity contribution in [2.75, 3.05) is 4.90 Å². The molecule has 2 heteroatoms. The number of fused-ring (bicyclic) bond motifs is 13. The lowest BCUT2D eigenvalue weighted by molar-refractivity contribution is 0.659. The number of benzene rings is 8. The van der Waals surface area contributed by atoms with Crippen molar-refractivity contribution in [3.63, 3.8) is 0 Å². The Balaban J connectivity index is 1.22. The van der Waals surface area contributed by atoms with E-state index in [1.165, 1.54) is 66.4 Å². The molecular weight excluding hydrogens is 655 g/mol. The van der Waals surface area contributed by atoms with Crippen molar-refractivity contribution >= 4 is 49.8 Å². The van der Waals surface area contributed by atoms with Gasteiger partial charge in [-0.2, -0.15) is 0 Å². The SMILES string of the molecule is CC1(C)c2ccccc2-c2ccc(N(c3ccc(-c4ccccc4)cc3)c3cccc4oc5c6ccccc6c6c(c5c34)C(C)(C)c3ccccc3-6)cc21. The van der Waals surface area contributed by atoms with Crippen LogP contribution in [0.5, 0.6) is 0 Å². The average molecular weight is 694 g/mol. The Bertz CT molecular complexity index is 2980. The molecule has 0 fully saturated rings. The molecule has 0 amide bonds. The van der Waals surface area contributed by atoms with Gasteiger partial charge in [0.15, 0.2) is 0 Å². The third-order valence-electron chi connectivity index (χ3n) is 12.4. The highest BCUT2D eigenvalue weighted by Crippen LogP contribution is 2.58. The topological polar surface area (TPSA) is 16.4 Å². The van der Waals surface area contributed by atoms with Crippen LogP contribution in [0.15, 0.2) is 168 Å². The van der Waals surface area contributed by atoms with Gasteiger partial charge in [-0.25, -0.2) is 0 Å². The second-order valence-electron chi connectivity index (χ2n) is 16.1. The van der Waals surface area contributed by atoms with E-state index in [4.69, 9.17) is 4.42 Å². The van der Waals surface area contributed by atoms with Crippen LogP contribution in [0.3, 0.4) is 0 Å². The van der Waals surface area contributed by atoms with Crippen molar-refractivity contribution in [3.8, 4) is 33.4 Å². The molecule has 0 spiro atoms. The lowest BCUT2D eigenvalue weighted by Gasteiger charge is -2.29. The molecule has 0 aliphatic heterocycles. The van der Waals surface area contributed by atoms with Crippen LogP contribution < -0.4 is 4.90 Å². The fourth-order valence-corrected chi connectivity index (χ4v) is 9.88. The van der Waals surface area contributed by atoms with Crippen LogP contribution in [0.1, 0.15) is 49.9 Å². The van der Waals surface area contributed by atoms with E-state index in [0.29, 0.717) is 0 Å². The molecular formula is C52H39NO. The molecule has 2 aliphatic carbocycles. The smallest absolute Gasteiger partial charge is 0.143 e. The van der Waals surface area contributed by atoms with Gasteiger partial charge in [0.1, 0.15) is 11.2 Å². The van der Waals surface area contributed by atoms with Crippen LogP contribution in [0, 0.1) is 0 Å². The first kappa shape index (κ1) is 31.2. The summed E-state index contributed by atoms with van der Waals surface area (Å²) in [4.78, 5) is 2.46. The van der Waals surface area contributed by atoms with Crippen LogP contribution in [0.25, 0.3) is 66.1 Å². The lowest BCUT2D eigenvalue weighted by Crippen LogP contribution is -2.17. The number of hydrogen-bond acceptors (Lipinski definition) is 2. The van der Waals surface area contributed by atoms with E-state index in [-0.39, 0.29) is 10.8 Å². The molecule has 2 nitrogen and oxygen atoms in total. The van der Waals surface area contributed by atoms with Crippen molar-refractivity contribution in [3.05, 3.63) is 186 Å². The molecule has 0 unspecified atom stereocenters. The summed E-state index contributed by atoms with van der Waals surface area (Å²) < 4.78 is 7.05. The van der Waals surface area contributed by atoms with Gasteiger partial charge in [0.2, 0.25) is 0 Å². The maximum Gasteiger partial charge on any atom is 0.143 e. The minimum atomic E-state index is -0.232. The number of anilines is 3. The van der Waals surface area contributed by atoms with Crippen LogP contribution >= 0.6 is 0 Å². The van der Waals surface area contributed by atoms with Gasteiger partial charge in [-0.3, -0.25) is 0 Å². The monoisotopic (exact) mass is 693 g/mol. The number of hydrogen-bond donors (Lipinski definition) is 0.